The number of nitrogens with zero attached hydrogens (tertiary/aromatic N) is 1. The van der Waals surface area contributed by atoms with Crippen LogP contribution in [0.2, 0.25) is 0 Å². The smallest absolute Gasteiger partial charge is 0.115 e. The summed E-state index contributed by atoms with van der Waals surface area (Å²) in [5.41, 5.74) is 0.967. The van der Waals surface area contributed by atoms with E-state index in [0.29, 0.717) is 6.42 Å². The average Bonchev–Trinajstić information content (AvgIpc) is 2.40. The van der Waals surface area contributed by atoms with Gasteiger partial charge in [-0.15, -0.1) is 12.4 Å². The number of nitrogens with one attached hydrogen (secondary N) is 1. The Balaban J connectivity index is 0.00000180. The van der Waals surface area contributed by atoms with E-state index in [1.807, 2.05) is 6.07 Å². The SMILES string of the molecule is Cl.Oc1ccc(Br)c([C@H](CCF)N2CCNCC2)c1. The zero-order valence-corrected chi connectivity index (χ0v) is 13.0. The lowest BCUT2D eigenvalue weighted by Gasteiger charge is -2.35. The van der Waals surface area contributed by atoms with Gasteiger partial charge in [0.1, 0.15) is 5.75 Å². The Morgan fingerprint density at radius 3 is 2.68 bits per heavy atom. The Morgan fingerprint density at radius 1 is 1.37 bits per heavy atom. The van der Waals surface area contributed by atoms with Gasteiger partial charge in [0.15, 0.2) is 0 Å². The van der Waals surface area contributed by atoms with Gasteiger partial charge in [0.2, 0.25) is 0 Å². The van der Waals surface area contributed by atoms with E-state index in [1.165, 1.54) is 0 Å². The third-order valence-electron chi connectivity index (χ3n) is 3.31. The second-order valence-electron chi connectivity index (χ2n) is 4.49. The molecule has 2 N–H and O–H groups in total. The van der Waals surface area contributed by atoms with Crippen molar-refractivity contribution in [2.45, 2.75) is 12.5 Å². The van der Waals surface area contributed by atoms with Gasteiger partial charge >= 0.3 is 0 Å². The van der Waals surface area contributed by atoms with Gasteiger partial charge in [-0.05, 0) is 30.2 Å². The second-order valence-corrected chi connectivity index (χ2v) is 5.34. The number of alkyl halides is 1. The summed E-state index contributed by atoms with van der Waals surface area (Å²) in [5, 5.41) is 12.9. The summed E-state index contributed by atoms with van der Waals surface area (Å²) >= 11 is 3.49. The minimum atomic E-state index is -0.351. The fourth-order valence-electron chi connectivity index (χ4n) is 2.42. The van der Waals surface area contributed by atoms with Crippen LogP contribution in [0.25, 0.3) is 0 Å². The monoisotopic (exact) mass is 352 g/mol. The van der Waals surface area contributed by atoms with E-state index < -0.39 is 0 Å². The second kappa shape index (κ2) is 8.04. The van der Waals surface area contributed by atoms with Crippen LogP contribution in [-0.4, -0.2) is 42.9 Å². The molecule has 2 rings (SSSR count). The van der Waals surface area contributed by atoms with Crippen molar-refractivity contribution in [3.05, 3.63) is 28.2 Å². The number of aromatic hydroxyl groups is 1. The van der Waals surface area contributed by atoms with Crippen LogP contribution in [0.15, 0.2) is 22.7 Å². The fraction of sp³-hybridized carbons (Fsp3) is 0.538. The van der Waals surface area contributed by atoms with E-state index >= 15 is 0 Å². The maximum absolute atomic E-state index is 12.8. The van der Waals surface area contributed by atoms with Crippen LogP contribution in [0, 0.1) is 0 Å². The number of rotatable bonds is 4. The first-order chi connectivity index (χ1) is 8.72. The molecular formula is C13H19BrClFN2O. The average molecular weight is 354 g/mol. The molecule has 0 unspecified atom stereocenters. The van der Waals surface area contributed by atoms with Crippen molar-refractivity contribution in [1.82, 2.24) is 10.2 Å². The molecule has 1 heterocycles. The third-order valence-corrected chi connectivity index (χ3v) is 4.04. The van der Waals surface area contributed by atoms with Gasteiger partial charge in [0.05, 0.1) is 6.67 Å². The lowest BCUT2D eigenvalue weighted by Crippen LogP contribution is -2.45. The van der Waals surface area contributed by atoms with E-state index in [1.54, 1.807) is 12.1 Å². The zero-order chi connectivity index (χ0) is 13.0. The molecule has 1 aliphatic heterocycles. The minimum Gasteiger partial charge on any atom is -0.508 e. The molecule has 1 aliphatic rings. The van der Waals surface area contributed by atoms with Gasteiger partial charge in [0.25, 0.3) is 0 Å². The van der Waals surface area contributed by atoms with Crippen LogP contribution >= 0.6 is 28.3 Å². The number of hydrogen-bond donors (Lipinski definition) is 2. The van der Waals surface area contributed by atoms with Crippen molar-refractivity contribution in [3.63, 3.8) is 0 Å². The number of phenols is 1. The molecule has 0 spiro atoms. The van der Waals surface area contributed by atoms with E-state index in [4.69, 9.17) is 0 Å². The molecule has 19 heavy (non-hydrogen) atoms. The maximum Gasteiger partial charge on any atom is 0.115 e. The van der Waals surface area contributed by atoms with E-state index in [2.05, 4.69) is 26.1 Å². The highest BCUT2D eigenvalue weighted by Crippen LogP contribution is 2.33. The van der Waals surface area contributed by atoms with Crippen LogP contribution in [-0.2, 0) is 0 Å². The van der Waals surface area contributed by atoms with Gasteiger partial charge in [-0.25, -0.2) is 0 Å². The molecule has 0 amide bonds. The van der Waals surface area contributed by atoms with Crippen LogP contribution in [0.1, 0.15) is 18.0 Å². The topological polar surface area (TPSA) is 35.5 Å². The lowest BCUT2D eigenvalue weighted by molar-refractivity contribution is 0.157. The first-order valence-electron chi connectivity index (χ1n) is 6.21. The Morgan fingerprint density at radius 2 is 2.05 bits per heavy atom. The van der Waals surface area contributed by atoms with E-state index in [0.717, 1.165) is 36.2 Å². The predicted molar refractivity (Wildman–Crippen MR) is 80.8 cm³/mol. The highest BCUT2D eigenvalue weighted by Gasteiger charge is 2.23. The van der Waals surface area contributed by atoms with Crippen molar-refractivity contribution in [3.8, 4) is 5.75 Å². The van der Waals surface area contributed by atoms with E-state index in [-0.39, 0.29) is 30.9 Å². The summed E-state index contributed by atoms with van der Waals surface area (Å²) in [6, 6.07) is 5.21. The van der Waals surface area contributed by atoms with Gasteiger partial charge in [-0.1, -0.05) is 15.9 Å². The Labute approximate surface area is 127 Å². The molecule has 6 heteroatoms. The molecule has 0 aromatic heterocycles. The van der Waals surface area contributed by atoms with E-state index in [9.17, 15) is 9.50 Å². The zero-order valence-electron chi connectivity index (χ0n) is 10.6. The van der Waals surface area contributed by atoms with Crippen LogP contribution in [0.5, 0.6) is 5.75 Å². The number of phenolic OH excluding ortho intramolecular Hbond substituents is 1. The molecule has 3 nitrogen and oxygen atoms in total. The number of halogens is 3. The summed E-state index contributed by atoms with van der Waals surface area (Å²) in [7, 11) is 0. The van der Waals surface area contributed by atoms with Crippen LogP contribution in [0.4, 0.5) is 4.39 Å². The van der Waals surface area contributed by atoms with Gasteiger partial charge in [0, 0.05) is 36.7 Å². The van der Waals surface area contributed by atoms with Gasteiger partial charge in [-0.3, -0.25) is 9.29 Å². The number of benzene rings is 1. The van der Waals surface area contributed by atoms with Crippen molar-refractivity contribution in [2.24, 2.45) is 0 Å². The van der Waals surface area contributed by atoms with Gasteiger partial charge in [-0.2, -0.15) is 0 Å². The summed E-state index contributed by atoms with van der Waals surface area (Å²) in [5.74, 6) is 0.229. The highest BCUT2D eigenvalue weighted by atomic mass is 79.9. The molecule has 1 fully saturated rings. The standard InChI is InChI=1S/C13H18BrFN2O.ClH/c14-12-2-1-10(18)9-11(12)13(3-4-15)17-7-5-16-6-8-17;/h1-2,9,13,16,18H,3-8H2;1H/t13-;/m0./s1. The number of piperazine rings is 1. The van der Waals surface area contributed by atoms with Gasteiger partial charge < -0.3 is 10.4 Å². The molecule has 0 bridgehead atoms. The van der Waals surface area contributed by atoms with Crippen LogP contribution in [0.3, 0.4) is 0 Å². The molecule has 108 valence electrons. The molecule has 1 aromatic carbocycles. The summed E-state index contributed by atoms with van der Waals surface area (Å²) in [6.45, 7) is 3.33. The largest absolute Gasteiger partial charge is 0.508 e. The summed E-state index contributed by atoms with van der Waals surface area (Å²) < 4.78 is 13.7. The van der Waals surface area contributed by atoms with Crippen LogP contribution < -0.4 is 5.32 Å². The summed E-state index contributed by atoms with van der Waals surface area (Å²) in [4.78, 5) is 2.27. The first-order valence-corrected chi connectivity index (χ1v) is 7.01. The molecule has 0 saturated carbocycles. The lowest BCUT2D eigenvalue weighted by atomic mass is 10.0. The van der Waals surface area contributed by atoms with Crippen molar-refractivity contribution in [1.29, 1.82) is 0 Å². The minimum absolute atomic E-state index is 0. The molecular weight excluding hydrogens is 335 g/mol. The molecule has 0 radical (unpaired) electrons. The Hall–Kier alpha value is -0.360. The highest BCUT2D eigenvalue weighted by molar-refractivity contribution is 9.10. The van der Waals surface area contributed by atoms with Crippen molar-refractivity contribution < 1.29 is 9.50 Å². The fourth-order valence-corrected chi connectivity index (χ4v) is 2.93. The molecule has 0 aliphatic carbocycles. The Bertz CT molecular complexity index is 402. The summed E-state index contributed by atoms with van der Waals surface area (Å²) in [6.07, 6.45) is 0.460. The van der Waals surface area contributed by atoms with Crippen molar-refractivity contribution in [2.75, 3.05) is 32.9 Å². The predicted octanol–water partition coefficient (Wildman–Crippen LogP) is 2.88. The molecule has 1 atom stereocenters. The third kappa shape index (κ3) is 4.31. The first kappa shape index (κ1) is 16.7. The Kier molecular flexibility index (Phi) is 7.07. The van der Waals surface area contributed by atoms with Crippen molar-refractivity contribution >= 4 is 28.3 Å². The maximum atomic E-state index is 12.8. The number of hydrogen-bond acceptors (Lipinski definition) is 3. The quantitative estimate of drug-likeness (QED) is 0.874. The normalized spacial score (nSPS) is 17.8. The molecule has 1 saturated heterocycles. The molecule has 1 aromatic rings.